The lowest BCUT2D eigenvalue weighted by molar-refractivity contribution is 0.357. The molecule has 0 radical (unpaired) electrons. The molecule has 0 spiro atoms. The van der Waals surface area contributed by atoms with Gasteiger partial charge in [0.1, 0.15) is 11.9 Å². The van der Waals surface area contributed by atoms with Crippen LogP contribution in [0.15, 0.2) is 48.5 Å². The maximum Gasteiger partial charge on any atom is 0.142 e. The van der Waals surface area contributed by atoms with Gasteiger partial charge in [0.05, 0.1) is 22.6 Å². The van der Waals surface area contributed by atoms with Gasteiger partial charge in [-0.3, -0.25) is 4.68 Å². The molecule has 2 N–H and O–H groups in total. The Morgan fingerprint density at radius 2 is 1.65 bits per heavy atom. The Hall–Kier alpha value is -2.46. The molecule has 5 heteroatoms. The molecule has 1 aliphatic rings. The van der Waals surface area contributed by atoms with Crippen molar-refractivity contribution in [3.63, 3.8) is 0 Å². The van der Waals surface area contributed by atoms with E-state index in [1.54, 1.807) is 0 Å². The van der Waals surface area contributed by atoms with Crippen molar-refractivity contribution in [1.29, 1.82) is 0 Å². The topological polar surface area (TPSA) is 41.9 Å². The molecule has 2 aromatic carbocycles. The number of benzene rings is 2. The van der Waals surface area contributed by atoms with E-state index in [1.807, 2.05) is 18.2 Å². The van der Waals surface area contributed by atoms with Crippen LogP contribution in [0.1, 0.15) is 38.2 Å². The van der Waals surface area contributed by atoms with Crippen LogP contribution >= 0.6 is 11.6 Å². The number of rotatable bonds is 2. The van der Waals surface area contributed by atoms with Gasteiger partial charge in [-0.2, -0.15) is 5.10 Å². The van der Waals surface area contributed by atoms with E-state index >= 15 is 0 Å². The second-order valence-electron chi connectivity index (χ2n) is 7.81. The number of aromatic nitrogens is 2. The highest BCUT2D eigenvalue weighted by molar-refractivity contribution is 6.31. The minimum Gasteiger partial charge on any atom is -0.359 e. The van der Waals surface area contributed by atoms with Crippen LogP contribution in [0.3, 0.4) is 0 Å². The van der Waals surface area contributed by atoms with Crippen molar-refractivity contribution in [1.82, 2.24) is 9.78 Å². The second kappa shape index (κ2) is 6.06. The summed E-state index contributed by atoms with van der Waals surface area (Å²) in [4.78, 5) is 0. The van der Waals surface area contributed by atoms with Crippen molar-refractivity contribution in [2.45, 2.75) is 39.4 Å². The number of hydrogen-bond donors (Lipinski definition) is 2. The number of nitrogens with zero attached hydrogens (tertiary/aromatic N) is 2. The molecule has 0 saturated heterocycles. The fraction of sp³-hybridized carbons (Fsp3) is 0.286. The highest BCUT2D eigenvalue weighted by atomic mass is 35.5. The zero-order chi connectivity index (χ0) is 18.5. The minimum atomic E-state index is -0.118. The molecule has 0 aliphatic carbocycles. The predicted octanol–water partition coefficient (Wildman–Crippen LogP) is 5.80. The van der Waals surface area contributed by atoms with E-state index < -0.39 is 0 Å². The fourth-order valence-electron chi connectivity index (χ4n) is 3.24. The summed E-state index contributed by atoms with van der Waals surface area (Å²) in [5, 5.41) is 12.6. The second-order valence-corrected chi connectivity index (χ2v) is 8.25. The van der Waals surface area contributed by atoms with Gasteiger partial charge in [-0.1, -0.05) is 41.4 Å². The molecule has 1 aliphatic heterocycles. The van der Waals surface area contributed by atoms with Gasteiger partial charge in [0.15, 0.2) is 0 Å². The molecular weight excluding hydrogens is 344 g/mol. The molecule has 134 valence electrons. The van der Waals surface area contributed by atoms with Crippen molar-refractivity contribution in [3.05, 3.63) is 64.8 Å². The predicted molar refractivity (Wildman–Crippen MR) is 109 cm³/mol. The third-order valence-electron chi connectivity index (χ3n) is 4.59. The Bertz CT molecular complexity index is 951. The molecule has 0 fully saturated rings. The summed E-state index contributed by atoms with van der Waals surface area (Å²) in [5.41, 5.74) is 6.43. The molecule has 3 aromatic rings. The molecule has 1 unspecified atom stereocenters. The van der Waals surface area contributed by atoms with Crippen molar-refractivity contribution in [2.24, 2.45) is 0 Å². The van der Waals surface area contributed by atoms with Crippen LogP contribution in [0.25, 0.3) is 11.3 Å². The van der Waals surface area contributed by atoms with Gasteiger partial charge in [0.25, 0.3) is 0 Å². The lowest BCUT2D eigenvalue weighted by Crippen LogP contribution is -2.25. The summed E-state index contributed by atoms with van der Waals surface area (Å²) >= 11 is 6.11. The third-order valence-corrected chi connectivity index (χ3v) is 4.82. The average Bonchev–Trinajstić information content (AvgIpc) is 3.18. The van der Waals surface area contributed by atoms with E-state index in [4.69, 9.17) is 16.7 Å². The van der Waals surface area contributed by atoms with E-state index in [1.165, 1.54) is 11.1 Å². The molecule has 1 aromatic heterocycles. The van der Waals surface area contributed by atoms with E-state index in [0.717, 1.165) is 27.8 Å². The van der Waals surface area contributed by atoms with E-state index in [0.29, 0.717) is 0 Å². The van der Waals surface area contributed by atoms with Crippen molar-refractivity contribution >= 4 is 23.0 Å². The van der Waals surface area contributed by atoms with Crippen LogP contribution in [0.2, 0.25) is 5.02 Å². The number of aryl methyl sites for hydroxylation is 1. The highest BCUT2D eigenvalue weighted by Gasteiger charge is 2.27. The Kier molecular flexibility index (Phi) is 3.96. The minimum absolute atomic E-state index is 0.0729. The summed E-state index contributed by atoms with van der Waals surface area (Å²) in [6.07, 6.45) is -0.0729. The first-order valence-corrected chi connectivity index (χ1v) is 9.19. The van der Waals surface area contributed by atoms with Crippen LogP contribution < -0.4 is 10.6 Å². The maximum atomic E-state index is 6.11. The van der Waals surface area contributed by atoms with Crippen LogP contribution in [0.4, 0.5) is 11.4 Å². The van der Waals surface area contributed by atoms with Gasteiger partial charge in [-0.15, -0.1) is 0 Å². The van der Waals surface area contributed by atoms with Crippen LogP contribution in [-0.2, 0) is 5.54 Å². The largest absolute Gasteiger partial charge is 0.359 e. The molecule has 26 heavy (non-hydrogen) atoms. The van der Waals surface area contributed by atoms with Crippen molar-refractivity contribution < 1.29 is 0 Å². The zero-order valence-electron chi connectivity index (χ0n) is 15.5. The summed E-state index contributed by atoms with van der Waals surface area (Å²) in [6.45, 7) is 8.62. The van der Waals surface area contributed by atoms with Crippen molar-refractivity contribution in [3.8, 4) is 11.3 Å². The molecule has 4 rings (SSSR count). The standard InChI is InChI=1S/C21H23ClN4/c1-13-5-7-14(8-6-13)19-12-18(25-26(19)21(2,3)4)20-23-16-10-9-15(22)11-17(16)24-20/h5-12,20,23-24H,1-4H3. The van der Waals surface area contributed by atoms with E-state index in [9.17, 15) is 0 Å². The Morgan fingerprint density at radius 3 is 2.35 bits per heavy atom. The van der Waals surface area contributed by atoms with Crippen molar-refractivity contribution in [2.75, 3.05) is 10.6 Å². The number of anilines is 2. The van der Waals surface area contributed by atoms with Gasteiger partial charge in [-0.05, 0) is 57.5 Å². The molecule has 1 atom stereocenters. The van der Waals surface area contributed by atoms with Gasteiger partial charge in [0.2, 0.25) is 0 Å². The SMILES string of the molecule is Cc1ccc(-c2cc(C3Nc4ccc(Cl)cc4N3)nn2C(C)(C)C)cc1. The molecule has 4 nitrogen and oxygen atoms in total. The first-order chi connectivity index (χ1) is 12.3. The van der Waals surface area contributed by atoms with Gasteiger partial charge in [0, 0.05) is 5.02 Å². The number of fused-ring (bicyclic) bond motifs is 1. The molecule has 0 bridgehead atoms. The molecule has 0 amide bonds. The lowest BCUT2D eigenvalue weighted by Gasteiger charge is -2.22. The summed E-state index contributed by atoms with van der Waals surface area (Å²) in [7, 11) is 0. The Labute approximate surface area is 159 Å². The molecular formula is C21H23ClN4. The zero-order valence-corrected chi connectivity index (χ0v) is 16.2. The average molecular weight is 367 g/mol. The lowest BCUT2D eigenvalue weighted by atomic mass is 10.1. The highest BCUT2D eigenvalue weighted by Crippen LogP contribution is 2.38. The first kappa shape index (κ1) is 17.0. The normalized spacial score (nSPS) is 16.1. The summed E-state index contributed by atoms with van der Waals surface area (Å²) in [5.74, 6) is 0. The summed E-state index contributed by atoms with van der Waals surface area (Å²) < 4.78 is 2.10. The van der Waals surface area contributed by atoms with Gasteiger partial charge < -0.3 is 10.6 Å². The van der Waals surface area contributed by atoms with E-state index in [2.05, 4.69) is 73.3 Å². The Balaban J connectivity index is 1.74. The number of nitrogens with one attached hydrogen (secondary N) is 2. The van der Waals surface area contributed by atoms with Crippen LogP contribution in [0.5, 0.6) is 0 Å². The third kappa shape index (κ3) is 3.06. The Morgan fingerprint density at radius 1 is 0.962 bits per heavy atom. The first-order valence-electron chi connectivity index (χ1n) is 8.81. The van der Waals surface area contributed by atoms with E-state index in [-0.39, 0.29) is 11.7 Å². The molecule has 0 saturated carbocycles. The molecule has 2 heterocycles. The summed E-state index contributed by atoms with van der Waals surface area (Å²) in [6, 6.07) is 16.6. The van der Waals surface area contributed by atoms with Gasteiger partial charge in [-0.25, -0.2) is 0 Å². The number of hydrogen-bond acceptors (Lipinski definition) is 3. The fourth-order valence-corrected chi connectivity index (χ4v) is 3.41. The van der Waals surface area contributed by atoms with Gasteiger partial charge >= 0.3 is 0 Å². The number of halogens is 1. The quantitative estimate of drug-likeness (QED) is 0.602. The monoisotopic (exact) mass is 366 g/mol. The smallest absolute Gasteiger partial charge is 0.142 e. The van der Waals surface area contributed by atoms with Crippen LogP contribution in [0, 0.1) is 6.92 Å². The maximum absolute atomic E-state index is 6.11. The van der Waals surface area contributed by atoms with Crippen LogP contribution in [-0.4, -0.2) is 9.78 Å².